The lowest BCUT2D eigenvalue weighted by Gasteiger charge is -2.22. The molecule has 6 heteroatoms. The van der Waals surface area contributed by atoms with Crippen LogP contribution in [-0.4, -0.2) is 47.4 Å². The minimum absolute atomic E-state index is 0.00933. The molecule has 0 spiro atoms. The first kappa shape index (κ1) is 66.9. The summed E-state index contributed by atoms with van der Waals surface area (Å²) in [5.41, 5.74) is 0. The Morgan fingerprint density at radius 1 is 0.353 bits per heavy atom. The number of unbranched alkanes of at least 4 members (excludes halogenated alkanes) is 48. The third kappa shape index (κ3) is 54.2. The molecule has 68 heavy (non-hydrogen) atoms. The van der Waals surface area contributed by atoms with Crippen LogP contribution in [0.25, 0.3) is 0 Å². The number of nitrogens with one attached hydrogen (secondary N) is 1. The third-order valence-electron chi connectivity index (χ3n) is 14.9. The van der Waals surface area contributed by atoms with Crippen LogP contribution in [0.2, 0.25) is 0 Å². The van der Waals surface area contributed by atoms with Crippen molar-refractivity contribution in [3.05, 3.63) is 0 Å². The molecule has 0 aromatic carbocycles. The van der Waals surface area contributed by atoms with Gasteiger partial charge in [-0.3, -0.25) is 9.59 Å². The van der Waals surface area contributed by atoms with Crippen LogP contribution in [0.1, 0.15) is 361 Å². The molecule has 1 amide bonds. The van der Waals surface area contributed by atoms with Crippen LogP contribution in [0.4, 0.5) is 0 Å². The summed E-state index contributed by atoms with van der Waals surface area (Å²) in [5.74, 6) is -0.0249. The molecule has 0 aromatic rings. The molecule has 0 fully saturated rings. The minimum atomic E-state index is -0.667. The molecular formula is C62H123NO5. The number of hydrogen-bond donors (Lipinski definition) is 3. The van der Waals surface area contributed by atoms with E-state index in [9.17, 15) is 19.8 Å². The van der Waals surface area contributed by atoms with Crippen molar-refractivity contribution in [2.24, 2.45) is 0 Å². The number of carbonyl (C=O) groups is 2. The van der Waals surface area contributed by atoms with Crippen LogP contribution >= 0.6 is 0 Å². The first-order valence-electron chi connectivity index (χ1n) is 31.3. The lowest BCUT2D eigenvalue weighted by atomic mass is 10.0. The van der Waals surface area contributed by atoms with E-state index in [2.05, 4.69) is 19.2 Å². The predicted octanol–water partition coefficient (Wildman–Crippen LogP) is 19.5. The Labute approximate surface area is 426 Å². The summed E-state index contributed by atoms with van der Waals surface area (Å²) in [5, 5.41) is 23.4. The fourth-order valence-electron chi connectivity index (χ4n) is 10.1. The molecule has 0 heterocycles. The second kappa shape index (κ2) is 58.4. The van der Waals surface area contributed by atoms with Crippen molar-refractivity contribution >= 4 is 11.9 Å². The summed E-state index contributed by atoms with van der Waals surface area (Å²) in [4.78, 5) is 24.5. The molecule has 2 atom stereocenters. The molecule has 0 aliphatic rings. The summed E-state index contributed by atoms with van der Waals surface area (Å²) in [6.45, 7) is 4.98. The molecule has 0 saturated carbocycles. The molecule has 0 bridgehead atoms. The van der Waals surface area contributed by atoms with Crippen molar-refractivity contribution in [2.45, 2.75) is 373 Å². The van der Waals surface area contributed by atoms with Gasteiger partial charge in [0.25, 0.3) is 0 Å². The van der Waals surface area contributed by atoms with E-state index in [0.29, 0.717) is 25.9 Å². The SMILES string of the molecule is CCCCCCCCCCCCCCCCCCCCCCCC(O)C(CO)NC(=O)CCCCCCCCCCCCCCCCCCCCOC(=O)CCCCCCCCCCCCCC. The van der Waals surface area contributed by atoms with E-state index in [4.69, 9.17) is 4.74 Å². The number of hydrogen-bond acceptors (Lipinski definition) is 5. The number of aliphatic hydroxyl groups is 2. The first-order valence-corrected chi connectivity index (χ1v) is 31.3. The second-order valence-corrected chi connectivity index (χ2v) is 21.8. The highest BCUT2D eigenvalue weighted by atomic mass is 16.5. The van der Waals surface area contributed by atoms with Crippen LogP contribution in [0, 0.1) is 0 Å². The summed E-state index contributed by atoms with van der Waals surface area (Å²) >= 11 is 0. The average Bonchev–Trinajstić information content (AvgIpc) is 3.34. The van der Waals surface area contributed by atoms with E-state index in [1.165, 1.54) is 289 Å². The van der Waals surface area contributed by atoms with Crippen LogP contribution in [0.5, 0.6) is 0 Å². The maximum atomic E-state index is 12.5. The standard InChI is InChI=1S/C62H123NO5/c1-3-5-7-9-11-13-15-17-18-19-20-21-22-25-28-31-34-38-42-46-50-54-60(65)59(58-64)63-61(66)55-51-47-43-39-35-32-29-26-23-24-27-30-33-37-41-45-49-53-57-68-62(67)56-52-48-44-40-36-16-14-12-10-8-6-4-2/h59-60,64-65H,3-58H2,1-2H3,(H,63,66). The van der Waals surface area contributed by atoms with Gasteiger partial charge < -0.3 is 20.3 Å². The van der Waals surface area contributed by atoms with Crippen LogP contribution in [0.3, 0.4) is 0 Å². The van der Waals surface area contributed by atoms with E-state index in [0.717, 1.165) is 38.5 Å². The van der Waals surface area contributed by atoms with Crippen molar-refractivity contribution < 1.29 is 24.5 Å². The zero-order chi connectivity index (χ0) is 49.3. The predicted molar refractivity (Wildman–Crippen MR) is 297 cm³/mol. The van der Waals surface area contributed by atoms with E-state index >= 15 is 0 Å². The fourth-order valence-corrected chi connectivity index (χ4v) is 10.1. The van der Waals surface area contributed by atoms with Crippen molar-refractivity contribution in [1.29, 1.82) is 0 Å². The van der Waals surface area contributed by atoms with Crippen molar-refractivity contribution in [2.75, 3.05) is 13.2 Å². The van der Waals surface area contributed by atoms with Gasteiger partial charge in [-0.2, -0.15) is 0 Å². The van der Waals surface area contributed by atoms with Crippen LogP contribution in [0.15, 0.2) is 0 Å². The topological polar surface area (TPSA) is 95.9 Å². The number of rotatable bonds is 59. The Kier molecular flexibility index (Phi) is 57.5. The van der Waals surface area contributed by atoms with Gasteiger partial charge in [0.15, 0.2) is 0 Å². The first-order chi connectivity index (χ1) is 33.5. The van der Waals surface area contributed by atoms with Gasteiger partial charge in [0.2, 0.25) is 5.91 Å². The monoisotopic (exact) mass is 962 g/mol. The molecule has 6 nitrogen and oxygen atoms in total. The summed E-state index contributed by atoms with van der Waals surface area (Å²) in [7, 11) is 0. The summed E-state index contributed by atoms with van der Waals surface area (Å²) < 4.78 is 5.47. The molecule has 0 aromatic heterocycles. The lowest BCUT2D eigenvalue weighted by molar-refractivity contribution is -0.143. The highest BCUT2D eigenvalue weighted by molar-refractivity contribution is 5.76. The van der Waals surface area contributed by atoms with Gasteiger partial charge in [-0.25, -0.2) is 0 Å². The zero-order valence-electron chi connectivity index (χ0n) is 46.4. The fraction of sp³-hybridized carbons (Fsp3) is 0.968. The normalized spacial score (nSPS) is 12.5. The van der Waals surface area contributed by atoms with E-state index in [-0.39, 0.29) is 18.5 Å². The molecule has 0 saturated heterocycles. The Balaban J connectivity index is 3.40. The molecule has 0 aliphatic carbocycles. The minimum Gasteiger partial charge on any atom is -0.466 e. The summed E-state index contributed by atoms with van der Waals surface area (Å²) in [6, 6.07) is -0.544. The number of ether oxygens (including phenoxy) is 1. The quantitative estimate of drug-likeness (QED) is 0.0417. The van der Waals surface area contributed by atoms with E-state index in [1.54, 1.807) is 0 Å². The zero-order valence-corrected chi connectivity index (χ0v) is 46.4. The summed E-state index contributed by atoms with van der Waals surface area (Å²) in [6.07, 6.45) is 68.2. The van der Waals surface area contributed by atoms with Crippen LogP contribution in [-0.2, 0) is 14.3 Å². The van der Waals surface area contributed by atoms with Crippen molar-refractivity contribution in [3.8, 4) is 0 Å². The molecular weight excluding hydrogens is 839 g/mol. The van der Waals surface area contributed by atoms with E-state index < -0.39 is 12.1 Å². The maximum absolute atomic E-state index is 12.5. The number of carbonyl (C=O) groups excluding carboxylic acids is 2. The van der Waals surface area contributed by atoms with Crippen molar-refractivity contribution in [3.63, 3.8) is 0 Å². The largest absolute Gasteiger partial charge is 0.466 e. The molecule has 0 radical (unpaired) electrons. The maximum Gasteiger partial charge on any atom is 0.305 e. The Morgan fingerprint density at radius 2 is 0.603 bits per heavy atom. The van der Waals surface area contributed by atoms with Crippen molar-refractivity contribution in [1.82, 2.24) is 5.32 Å². The van der Waals surface area contributed by atoms with Gasteiger partial charge in [0.05, 0.1) is 25.4 Å². The highest BCUT2D eigenvalue weighted by Crippen LogP contribution is 2.19. The number of amides is 1. The molecule has 3 N–H and O–H groups in total. The Bertz CT molecular complexity index is 975. The smallest absolute Gasteiger partial charge is 0.305 e. The lowest BCUT2D eigenvalue weighted by Crippen LogP contribution is -2.45. The second-order valence-electron chi connectivity index (χ2n) is 21.8. The van der Waals surface area contributed by atoms with Gasteiger partial charge in [0, 0.05) is 12.8 Å². The number of aliphatic hydroxyl groups excluding tert-OH is 2. The van der Waals surface area contributed by atoms with Gasteiger partial charge >= 0.3 is 5.97 Å². The molecule has 0 rings (SSSR count). The molecule has 0 aliphatic heterocycles. The van der Waals surface area contributed by atoms with Crippen LogP contribution < -0.4 is 5.32 Å². The van der Waals surface area contributed by atoms with Gasteiger partial charge in [0.1, 0.15) is 0 Å². The molecule has 406 valence electrons. The van der Waals surface area contributed by atoms with Gasteiger partial charge in [-0.05, 0) is 25.7 Å². The van der Waals surface area contributed by atoms with Gasteiger partial charge in [-0.15, -0.1) is 0 Å². The number of esters is 1. The Hall–Kier alpha value is -1.14. The molecule has 2 unspecified atom stereocenters. The highest BCUT2D eigenvalue weighted by Gasteiger charge is 2.20. The van der Waals surface area contributed by atoms with Gasteiger partial charge in [-0.1, -0.05) is 322 Å². The average molecular weight is 963 g/mol. The Morgan fingerprint density at radius 3 is 0.897 bits per heavy atom. The van der Waals surface area contributed by atoms with E-state index in [1.807, 2.05) is 0 Å². The third-order valence-corrected chi connectivity index (χ3v) is 14.9.